The highest BCUT2D eigenvalue weighted by molar-refractivity contribution is 5.80. The fourth-order valence-corrected chi connectivity index (χ4v) is 3.42. The Morgan fingerprint density at radius 1 is 1.37 bits per heavy atom. The Hall–Kier alpha value is -1.64. The third-order valence-corrected chi connectivity index (χ3v) is 4.99. The second-order valence-corrected chi connectivity index (χ2v) is 7.26. The monoisotopic (exact) mass is 380 g/mol. The van der Waals surface area contributed by atoms with Crippen molar-refractivity contribution in [3.05, 3.63) is 18.0 Å². The molecular formula is C19H36N6O2. The zero-order valence-corrected chi connectivity index (χ0v) is 17.5. The summed E-state index contributed by atoms with van der Waals surface area (Å²) in [6, 6.07) is 0.247. The Morgan fingerprint density at radius 3 is 2.67 bits per heavy atom. The van der Waals surface area contributed by atoms with Gasteiger partial charge in [-0.25, -0.2) is 0 Å². The smallest absolute Gasteiger partial charge is 0.193 e. The number of piperidine rings is 1. The molecule has 1 saturated heterocycles. The van der Waals surface area contributed by atoms with Gasteiger partial charge >= 0.3 is 0 Å². The summed E-state index contributed by atoms with van der Waals surface area (Å²) in [6.45, 7) is 4.27. The minimum atomic E-state index is 0.247. The highest BCUT2D eigenvalue weighted by Gasteiger charge is 2.23. The second kappa shape index (κ2) is 11.3. The second-order valence-electron chi connectivity index (χ2n) is 7.26. The van der Waals surface area contributed by atoms with Crippen LogP contribution >= 0.6 is 0 Å². The number of likely N-dealkylation sites (tertiary alicyclic amines) is 1. The minimum absolute atomic E-state index is 0.247. The van der Waals surface area contributed by atoms with E-state index >= 15 is 0 Å². The number of hydrogen-bond acceptors (Lipinski definition) is 5. The van der Waals surface area contributed by atoms with Crippen LogP contribution in [0, 0.1) is 0 Å². The molecule has 1 N–H and O–H groups in total. The van der Waals surface area contributed by atoms with Crippen LogP contribution < -0.4 is 5.32 Å². The van der Waals surface area contributed by atoms with Gasteiger partial charge < -0.3 is 24.6 Å². The molecule has 1 unspecified atom stereocenters. The van der Waals surface area contributed by atoms with Crippen molar-refractivity contribution in [2.75, 3.05) is 61.1 Å². The topological polar surface area (TPSA) is 67.2 Å². The average Bonchev–Trinajstić information content (AvgIpc) is 3.09. The molecule has 0 aliphatic carbocycles. The Bertz CT molecular complexity index is 566. The van der Waals surface area contributed by atoms with Gasteiger partial charge in [-0.05, 0) is 33.4 Å². The fourth-order valence-electron chi connectivity index (χ4n) is 3.42. The fraction of sp³-hybridized carbons (Fsp3) is 0.789. The van der Waals surface area contributed by atoms with Crippen LogP contribution in [0.2, 0.25) is 0 Å². The van der Waals surface area contributed by atoms with Gasteiger partial charge in [0.2, 0.25) is 0 Å². The molecular weight excluding hydrogens is 344 g/mol. The summed E-state index contributed by atoms with van der Waals surface area (Å²) >= 11 is 0. The number of hydrogen-bond donors (Lipinski definition) is 1. The lowest BCUT2D eigenvalue weighted by atomic mass is 10.1. The van der Waals surface area contributed by atoms with Crippen molar-refractivity contribution in [1.82, 2.24) is 24.9 Å². The maximum absolute atomic E-state index is 5.95. The van der Waals surface area contributed by atoms with Crippen LogP contribution in [0.4, 0.5) is 0 Å². The summed E-state index contributed by atoms with van der Waals surface area (Å²) in [5.74, 6) is 0.962. The summed E-state index contributed by atoms with van der Waals surface area (Å²) in [5, 5.41) is 7.84. The van der Waals surface area contributed by atoms with Crippen LogP contribution in [0.3, 0.4) is 0 Å². The molecule has 154 valence electrons. The van der Waals surface area contributed by atoms with Gasteiger partial charge in [-0.1, -0.05) is 0 Å². The van der Waals surface area contributed by atoms with E-state index in [1.165, 1.54) is 5.56 Å². The van der Waals surface area contributed by atoms with Crippen LogP contribution in [0.1, 0.15) is 30.9 Å². The first-order valence-corrected chi connectivity index (χ1v) is 9.76. The first-order chi connectivity index (χ1) is 13.0. The molecule has 8 heteroatoms. The third-order valence-electron chi connectivity index (χ3n) is 4.99. The number of rotatable bonds is 9. The Balaban J connectivity index is 1.80. The predicted octanol–water partition coefficient (Wildman–Crippen LogP) is 1.12. The molecule has 0 bridgehead atoms. The molecule has 0 aromatic carbocycles. The minimum Gasteiger partial charge on any atom is -0.385 e. The van der Waals surface area contributed by atoms with Crippen LogP contribution in [0.25, 0.3) is 0 Å². The van der Waals surface area contributed by atoms with Crippen LogP contribution in [0.15, 0.2) is 17.4 Å². The van der Waals surface area contributed by atoms with Gasteiger partial charge in [0.1, 0.15) is 0 Å². The van der Waals surface area contributed by atoms with Gasteiger partial charge in [-0.15, -0.1) is 0 Å². The lowest BCUT2D eigenvalue weighted by Crippen LogP contribution is -2.48. The first kappa shape index (κ1) is 21.7. The summed E-state index contributed by atoms with van der Waals surface area (Å²) in [5.41, 5.74) is 1.20. The molecule has 0 spiro atoms. The SMILES string of the molecule is CN=C(NCC(c1cnn(C)c1)N(C)C)N1CCC(OCCCOC)CC1. The van der Waals surface area contributed by atoms with Gasteiger partial charge in [0.05, 0.1) is 18.3 Å². The molecule has 2 rings (SSSR count). The summed E-state index contributed by atoms with van der Waals surface area (Å²) in [4.78, 5) is 9.02. The number of aliphatic imine (C=N–C) groups is 1. The van der Waals surface area contributed by atoms with E-state index in [9.17, 15) is 0 Å². The zero-order valence-electron chi connectivity index (χ0n) is 17.5. The normalized spacial score (nSPS) is 17.6. The van der Waals surface area contributed by atoms with Crippen LogP contribution in [-0.4, -0.2) is 92.7 Å². The number of methoxy groups -OCH3 is 1. The number of aryl methyl sites for hydroxylation is 1. The van der Waals surface area contributed by atoms with Gasteiger partial charge in [0.15, 0.2) is 5.96 Å². The number of nitrogens with zero attached hydrogens (tertiary/aromatic N) is 5. The van der Waals surface area contributed by atoms with Crippen molar-refractivity contribution in [2.24, 2.45) is 12.0 Å². The van der Waals surface area contributed by atoms with E-state index in [4.69, 9.17) is 9.47 Å². The van der Waals surface area contributed by atoms with Crippen molar-refractivity contribution in [2.45, 2.75) is 31.4 Å². The molecule has 1 fully saturated rings. The summed E-state index contributed by atoms with van der Waals surface area (Å²) in [6.07, 6.45) is 7.38. The molecule has 1 aromatic rings. The van der Waals surface area contributed by atoms with Gasteiger partial charge in [-0.3, -0.25) is 9.67 Å². The molecule has 27 heavy (non-hydrogen) atoms. The van der Waals surface area contributed by atoms with Gasteiger partial charge in [-0.2, -0.15) is 5.10 Å². The number of guanidine groups is 1. The Labute approximate surface area is 163 Å². The lowest BCUT2D eigenvalue weighted by molar-refractivity contribution is 0.00987. The number of aromatic nitrogens is 2. The van der Waals surface area contributed by atoms with E-state index in [-0.39, 0.29) is 6.04 Å². The third kappa shape index (κ3) is 6.79. The molecule has 2 heterocycles. The van der Waals surface area contributed by atoms with Crippen molar-refractivity contribution >= 4 is 5.96 Å². The van der Waals surface area contributed by atoms with E-state index in [2.05, 4.69) is 45.5 Å². The van der Waals surface area contributed by atoms with Crippen molar-refractivity contribution in [1.29, 1.82) is 0 Å². The standard InChI is InChI=1S/C19H36N6O2/c1-20-19(21-14-18(23(2)3)16-13-22-24(4)15-16)25-9-7-17(8-10-25)27-12-6-11-26-5/h13,15,17-18H,6-12,14H2,1-5H3,(H,20,21). The number of nitrogens with one attached hydrogen (secondary N) is 1. The molecule has 1 aliphatic rings. The highest BCUT2D eigenvalue weighted by atomic mass is 16.5. The van der Waals surface area contributed by atoms with E-state index in [1.54, 1.807) is 7.11 Å². The molecule has 1 aliphatic heterocycles. The highest BCUT2D eigenvalue weighted by Crippen LogP contribution is 2.17. The predicted molar refractivity (Wildman–Crippen MR) is 108 cm³/mol. The molecule has 8 nitrogen and oxygen atoms in total. The van der Waals surface area contributed by atoms with Crippen LogP contribution in [0.5, 0.6) is 0 Å². The Kier molecular flexibility index (Phi) is 9.03. The number of ether oxygens (including phenoxy) is 2. The number of likely N-dealkylation sites (N-methyl/N-ethyl adjacent to an activating group) is 1. The maximum Gasteiger partial charge on any atom is 0.193 e. The van der Waals surface area contributed by atoms with Crippen molar-refractivity contribution in [3.8, 4) is 0 Å². The molecule has 0 saturated carbocycles. The van der Waals surface area contributed by atoms with Crippen molar-refractivity contribution in [3.63, 3.8) is 0 Å². The van der Waals surface area contributed by atoms with Crippen molar-refractivity contribution < 1.29 is 9.47 Å². The summed E-state index contributed by atoms with van der Waals surface area (Å²) < 4.78 is 12.9. The summed E-state index contributed by atoms with van der Waals surface area (Å²) in [7, 11) is 9.71. The van der Waals surface area contributed by atoms with Crippen LogP contribution in [-0.2, 0) is 16.5 Å². The molecule has 0 radical (unpaired) electrons. The van der Waals surface area contributed by atoms with E-state index < -0.39 is 0 Å². The lowest BCUT2D eigenvalue weighted by Gasteiger charge is -2.35. The molecule has 1 aromatic heterocycles. The van der Waals surface area contributed by atoms with Gasteiger partial charge in [0, 0.05) is 65.8 Å². The maximum atomic E-state index is 5.95. The first-order valence-electron chi connectivity index (χ1n) is 9.76. The van der Waals surface area contributed by atoms with E-state index in [0.717, 1.165) is 58.1 Å². The van der Waals surface area contributed by atoms with E-state index in [0.29, 0.717) is 6.10 Å². The average molecular weight is 381 g/mol. The molecule has 0 amide bonds. The quantitative estimate of drug-likeness (QED) is 0.393. The largest absolute Gasteiger partial charge is 0.385 e. The van der Waals surface area contributed by atoms with E-state index in [1.807, 2.05) is 25.0 Å². The zero-order chi connectivity index (χ0) is 19.6. The van der Waals surface area contributed by atoms with Gasteiger partial charge in [0.25, 0.3) is 0 Å². The molecule has 1 atom stereocenters. The Morgan fingerprint density at radius 2 is 2.11 bits per heavy atom.